The van der Waals surface area contributed by atoms with Gasteiger partial charge < -0.3 is 25.2 Å². The molecule has 4 N–H and O–H groups in total. The SMILES string of the molecule is CC[C@H](O)/C=C/[C@H]1O[C@@H]([C@H](O)CCCCCCCC(=O)O)C[C@H]1O. The molecular formula is C18H32O6. The fourth-order valence-electron chi connectivity index (χ4n) is 2.86. The predicted molar refractivity (Wildman–Crippen MR) is 90.7 cm³/mol. The largest absolute Gasteiger partial charge is 0.481 e. The Kier molecular flexibility index (Phi) is 10.2. The van der Waals surface area contributed by atoms with Crippen molar-refractivity contribution in [3.05, 3.63) is 12.2 Å². The van der Waals surface area contributed by atoms with Gasteiger partial charge in [-0.05, 0) is 19.3 Å². The molecule has 0 spiro atoms. The van der Waals surface area contributed by atoms with Gasteiger partial charge in [-0.25, -0.2) is 0 Å². The van der Waals surface area contributed by atoms with Crippen molar-refractivity contribution in [1.29, 1.82) is 0 Å². The van der Waals surface area contributed by atoms with Gasteiger partial charge in [0.25, 0.3) is 0 Å². The molecule has 5 atom stereocenters. The summed E-state index contributed by atoms with van der Waals surface area (Å²) in [5.74, 6) is -0.752. The van der Waals surface area contributed by atoms with E-state index in [2.05, 4.69) is 0 Å². The minimum atomic E-state index is -0.752. The van der Waals surface area contributed by atoms with E-state index in [9.17, 15) is 20.1 Å². The molecule has 1 aliphatic rings. The van der Waals surface area contributed by atoms with Crippen molar-refractivity contribution in [3.63, 3.8) is 0 Å². The summed E-state index contributed by atoms with van der Waals surface area (Å²) in [7, 11) is 0. The van der Waals surface area contributed by atoms with Crippen LogP contribution in [0.15, 0.2) is 12.2 Å². The molecule has 0 saturated carbocycles. The van der Waals surface area contributed by atoms with Crippen molar-refractivity contribution >= 4 is 5.97 Å². The number of aliphatic hydroxyl groups excluding tert-OH is 3. The zero-order valence-electron chi connectivity index (χ0n) is 14.5. The van der Waals surface area contributed by atoms with Crippen LogP contribution in [0.1, 0.15) is 64.7 Å². The van der Waals surface area contributed by atoms with E-state index in [1.54, 1.807) is 12.2 Å². The third kappa shape index (κ3) is 8.24. The first-order valence-corrected chi connectivity index (χ1v) is 9.03. The van der Waals surface area contributed by atoms with Gasteiger partial charge in [0.2, 0.25) is 0 Å². The second kappa shape index (κ2) is 11.6. The number of aliphatic carboxylic acids is 1. The first kappa shape index (κ1) is 21.1. The Labute approximate surface area is 144 Å². The van der Waals surface area contributed by atoms with Crippen LogP contribution in [0.3, 0.4) is 0 Å². The number of carboxylic acid groups (broad SMARTS) is 1. The number of rotatable bonds is 12. The molecule has 6 heteroatoms. The van der Waals surface area contributed by atoms with Gasteiger partial charge in [-0.1, -0.05) is 44.8 Å². The molecule has 0 radical (unpaired) electrons. The number of carbonyl (C=O) groups is 1. The normalized spacial score (nSPS) is 26.8. The fourth-order valence-corrected chi connectivity index (χ4v) is 2.86. The van der Waals surface area contributed by atoms with E-state index >= 15 is 0 Å². The van der Waals surface area contributed by atoms with Crippen LogP contribution in [-0.4, -0.2) is 56.9 Å². The lowest BCUT2D eigenvalue weighted by Gasteiger charge is -2.18. The van der Waals surface area contributed by atoms with Crippen LogP contribution < -0.4 is 0 Å². The van der Waals surface area contributed by atoms with Crippen LogP contribution in [0.25, 0.3) is 0 Å². The first-order chi connectivity index (χ1) is 11.4. The second-order valence-electron chi connectivity index (χ2n) is 6.57. The van der Waals surface area contributed by atoms with Gasteiger partial charge in [-0.15, -0.1) is 0 Å². The molecule has 0 aliphatic carbocycles. The van der Waals surface area contributed by atoms with Gasteiger partial charge in [0, 0.05) is 12.8 Å². The number of ether oxygens (including phenoxy) is 1. The Morgan fingerprint density at radius 1 is 1.21 bits per heavy atom. The first-order valence-electron chi connectivity index (χ1n) is 9.03. The van der Waals surface area contributed by atoms with Crippen LogP contribution in [0.2, 0.25) is 0 Å². The quantitative estimate of drug-likeness (QED) is 0.319. The lowest BCUT2D eigenvalue weighted by atomic mass is 10.0. The van der Waals surface area contributed by atoms with Crippen molar-refractivity contribution < 1.29 is 30.0 Å². The van der Waals surface area contributed by atoms with E-state index < -0.39 is 30.4 Å². The van der Waals surface area contributed by atoms with Crippen molar-refractivity contribution in [2.45, 2.75) is 95.2 Å². The van der Waals surface area contributed by atoms with Crippen LogP contribution in [0, 0.1) is 0 Å². The van der Waals surface area contributed by atoms with E-state index in [-0.39, 0.29) is 12.5 Å². The van der Waals surface area contributed by atoms with Crippen LogP contribution in [-0.2, 0) is 9.53 Å². The molecule has 0 unspecified atom stereocenters. The Morgan fingerprint density at radius 3 is 2.54 bits per heavy atom. The Hall–Kier alpha value is -0.950. The van der Waals surface area contributed by atoms with Crippen molar-refractivity contribution in [2.24, 2.45) is 0 Å². The van der Waals surface area contributed by atoms with Crippen LogP contribution in [0.4, 0.5) is 0 Å². The Bertz CT molecular complexity index is 384. The van der Waals surface area contributed by atoms with Crippen molar-refractivity contribution in [1.82, 2.24) is 0 Å². The summed E-state index contributed by atoms with van der Waals surface area (Å²) in [6.45, 7) is 1.87. The molecule has 0 aromatic carbocycles. The Balaban J connectivity index is 2.18. The Morgan fingerprint density at radius 2 is 1.88 bits per heavy atom. The highest BCUT2D eigenvalue weighted by Crippen LogP contribution is 2.26. The highest BCUT2D eigenvalue weighted by atomic mass is 16.5. The smallest absolute Gasteiger partial charge is 0.303 e. The fraction of sp³-hybridized carbons (Fsp3) is 0.833. The third-order valence-corrected chi connectivity index (χ3v) is 4.45. The third-order valence-electron chi connectivity index (χ3n) is 4.45. The zero-order valence-corrected chi connectivity index (χ0v) is 14.5. The molecule has 0 amide bonds. The molecule has 1 aliphatic heterocycles. The van der Waals surface area contributed by atoms with Crippen molar-refractivity contribution in [3.8, 4) is 0 Å². The molecule has 1 saturated heterocycles. The number of unbranched alkanes of at least 4 members (excludes halogenated alkanes) is 4. The molecule has 0 aromatic heterocycles. The summed E-state index contributed by atoms with van der Waals surface area (Å²) < 4.78 is 5.69. The summed E-state index contributed by atoms with van der Waals surface area (Å²) in [5.41, 5.74) is 0. The number of hydrogen-bond donors (Lipinski definition) is 4. The molecule has 1 heterocycles. The lowest BCUT2D eigenvalue weighted by molar-refractivity contribution is -0.137. The molecule has 24 heavy (non-hydrogen) atoms. The van der Waals surface area contributed by atoms with E-state index in [4.69, 9.17) is 9.84 Å². The molecular weight excluding hydrogens is 312 g/mol. The molecule has 1 rings (SSSR count). The maximum atomic E-state index is 10.4. The van der Waals surface area contributed by atoms with Crippen LogP contribution in [0.5, 0.6) is 0 Å². The van der Waals surface area contributed by atoms with Gasteiger partial charge in [-0.2, -0.15) is 0 Å². The minimum Gasteiger partial charge on any atom is -0.481 e. The van der Waals surface area contributed by atoms with Gasteiger partial charge in [0.05, 0.1) is 24.4 Å². The lowest BCUT2D eigenvalue weighted by Crippen LogP contribution is -2.26. The number of hydrogen-bond acceptors (Lipinski definition) is 5. The highest BCUT2D eigenvalue weighted by Gasteiger charge is 2.36. The highest BCUT2D eigenvalue weighted by molar-refractivity contribution is 5.66. The topological polar surface area (TPSA) is 107 Å². The molecule has 0 bridgehead atoms. The summed E-state index contributed by atoms with van der Waals surface area (Å²) in [4.78, 5) is 10.4. The summed E-state index contributed by atoms with van der Waals surface area (Å²) >= 11 is 0. The van der Waals surface area contributed by atoms with Gasteiger partial charge in [0.15, 0.2) is 0 Å². The van der Waals surface area contributed by atoms with Gasteiger partial charge in [0.1, 0.15) is 6.10 Å². The second-order valence-corrected chi connectivity index (χ2v) is 6.57. The van der Waals surface area contributed by atoms with Gasteiger partial charge >= 0.3 is 5.97 Å². The standard InChI is InChI=1S/C18H32O6/c1-2-13(19)10-11-16-15(21)12-17(24-16)14(20)8-6-4-3-5-7-9-18(22)23/h10-11,13-17,19-21H,2-9,12H2,1H3,(H,22,23)/b11-10+/t13-,14+,15+,16+,17+/m0/s1. The number of carboxylic acids is 1. The zero-order chi connectivity index (χ0) is 17.9. The molecule has 1 fully saturated rings. The molecule has 0 aromatic rings. The number of aliphatic hydroxyl groups is 3. The summed E-state index contributed by atoms with van der Waals surface area (Å²) in [6.07, 6.45) is 6.89. The van der Waals surface area contributed by atoms with Gasteiger partial charge in [-0.3, -0.25) is 4.79 Å². The molecule has 6 nitrogen and oxygen atoms in total. The predicted octanol–water partition coefficient (Wildman–Crippen LogP) is 2.01. The van der Waals surface area contributed by atoms with E-state index in [1.165, 1.54) is 0 Å². The van der Waals surface area contributed by atoms with E-state index in [0.717, 1.165) is 25.7 Å². The summed E-state index contributed by atoms with van der Waals surface area (Å²) in [5, 5.41) is 38.2. The van der Waals surface area contributed by atoms with E-state index in [1.807, 2.05) is 6.92 Å². The average Bonchev–Trinajstić information content (AvgIpc) is 2.92. The monoisotopic (exact) mass is 344 g/mol. The maximum Gasteiger partial charge on any atom is 0.303 e. The maximum absolute atomic E-state index is 10.4. The minimum absolute atomic E-state index is 0.220. The average molecular weight is 344 g/mol. The van der Waals surface area contributed by atoms with Crippen molar-refractivity contribution in [2.75, 3.05) is 0 Å². The summed E-state index contributed by atoms with van der Waals surface area (Å²) in [6, 6.07) is 0. The van der Waals surface area contributed by atoms with E-state index in [0.29, 0.717) is 25.7 Å². The molecule has 140 valence electrons. The van der Waals surface area contributed by atoms with Crippen LogP contribution >= 0.6 is 0 Å².